The highest BCUT2D eigenvalue weighted by atomic mass is 35.5. The third kappa shape index (κ3) is 5.53. The number of hydrogen-bond acceptors (Lipinski definition) is 4. The standard InChI is InChI=1S/C23H27ClFNO2S/c1-3-4-13-28-23(27)20-14-26-12-11-19-18(20)9-10-21(24)22(19)29-15(2)16-5-7-17(25)8-6-16/h5-10,15,20,26H,3-4,11-14H2,1-2H3. The van der Waals surface area contributed by atoms with Crippen LogP contribution >= 0.6 is 23.4 Å². The van der Waals surface area contributed by atoms with Crippen molar-refractivity contribution in [2.75, 3.05) is 19.7 Å². The molecule has 3 nitrogen and oxygen atoms in total. The molecule has 0 aliphatic carbocycles. The molecule has 2 aromatic carbocycles. The Kier molecular flexibility index (Phi) is 7.99. The zero-order valence-electron chi connectivity index (χ0n) is 16.8. The van der Waals surface area contributed by atoms with Crippen LogP contribution in [0.5, 0.6) is 0 Å². The highest BCUT2D eigenvalue weighted by molar-refractivity contribution is 7.99. The first-order chi connectivity index (χ1) is 14.0. The smallest absolute Gasteiger partial charge is 0.314 e. The maximum atomic E-state index is 13.3. The number of carbonyl (C=O) groups excluding carboxylic acids is 1. The summed E-state index contributed by atoms with van der Waals surface area (Å²) >= 11 is 8.24. The fourth-order valence-corrected chi connectivity index (χ4v) is 5.00. The van der Waals surface area contributed by atoms with Crippen molar-refractivity contribution in [1.29, 1.82) is 0 Å². The molecule has 2 atom stereocenters. The van der Waals surface area contributed by atoms with Crippen LogP contribution < -0.4 is 5.32 Å². The Morgan fingerprint density at radius 3 is 2.79 bits per heavy atom. The van der Waals surface area contributed by atoms with Crippen molar-refractivity contribution in [2.45, 2.75) is 49.2 Å². The van der Waals surface area contributed by atoms with Crippen LogP contribution in [0.1, 0.15) is 54.5 Å². The summed E-state index contributed by atoms with van der Waals surface area (Å²) in [6, 6.07) is 10.4. The number of halogens is 2. The molecule has 0 saturated heterocycles. The lowest BCUT2D eigenvalue weighted by molar-refractivity contribution is -0.145. The Morgan fingerprint density at radius 2 is 2.07 bits per heavy atom. The maximum absolute atomic E-state index is 13.3. The summed E-state index contributed by atoms with van der Waals surface area (Å²) in [6.45, 7) is 5.96. The number of esters is 1. The van der Waals surface area contributed by atoms with E-state index < -0.39 is 0 Å². The third-order valence-electron chi connectivity index (χ3n) is 5.19. The maximum Gasteiger partial charge on any atom is 0.314 e. The second-order valence-corrected chi connectivity index (χ2v) is 9.04. The van der Waals surface area contributed by atoms with Crippen molar-refractivity contribution in [3.63, 3.8) is 0 Å². The number of nitrogens with one attached hydrogen (secondary N) is 1. The topological polar surface area (TPSA) is 38.3 Å². The Labute approximate surface area is 181 Å². The fourth-order valence-electron chi connectivity index (χ4n) is 3.50. The van der Waals surface area contributed by atoms with Gasteiger partial charge in [0.25, 0.3) is 0 Å². The van der Waals surface area contributed by atoms with E-state index in [-0.39, 0.29) is 23.0 Å². The van der Waals surface area contributed by atoms with Crippen molar-refractivity contribution in [2.24, 2.45) is 0 Å². The average Bonchev–Trinajstić information content (AvgIpc) is 2.93. The van der Waals surface area contributed by atoms with Crippen molar-refractivity contribution in [1.82, 2.24) is 5.32 Å². The van der Waals surface area contributed by atoms with Gasteiger partial charge in [-0.1, -0.05) is 43.1 Å². The molecule has 0 aromatic heterocycles. The predicted octanol–water partition coefficient (Wildman–Crippen LogP) is 5.91. The number of unbranched alkanes of at least 4 members (excludes halogenated alkanes) is 1. The lowest BCUT2D eigenvalue weighted by Gasteiger charge is -2.21. The van der Waals surface area contributed by atoms with E-state index in [4.69, 9.17) is 16.3 Å². The van der Waals surface area contributed by atoms with E-state index in [2.05, 4.69) is 19.2 Å². The minimum atomic E-state index is -0.331. The summed E-state index contributed by atoms with van der Waals surface area (Å²) in [5, 5.41) is 4.14. The molecule has 3 rings (SSSR count). The second kappa shape index (κ2) is 10.5. The molecule has 156 valence electrons. The van der Waals surface area contributed by atoms with Crippen LogP contribution in [0.2, 0.25) is 5.02 Å². The van der Waals surface area contributed by atoms with Gasteiger partial charge in [-0.25, -0.2) is 4.39 Å². The van der Waals surface area contributed by atoms with E-state index >= 15 is 0 Å². The van der Waals surface area contributed by atoms with Crippen molar-refractivity contribution in [3.8, 4) is 0 Å². The molecule has 1 aliphatic heterocycles. The lowest BCUT2D eigenvalue weighted by Crippen LogP contribution is -2.27. The molecule has 29 heavy (non-hydrogen) atoms. The van der Waals surface area contributed by atoms with Crippen LogP contribution in [0.15, 0.2) is 41.3 Å². The molecule has 0 amide bonds. The van der Waals surface area contributed by atoms with E-state index in [1.807, 2.05) is 12.1 Å². The molecule has 0 spiro atoms. The molecule has 6 heteroatoms. The zero-order chi connectivity index (χ0) is 20.8. The molecule has 2 aromatic rings. The Balaban J connectivity index is 1.88. The number of fused-ring (bicyclic) bond motifs is 1. The number of thioether (sulfide) groups is 1. The summed E-state index contributed by atoms with van der Waals surface area (Å²) in [6.07, 6.45) is 2.66. The van der Waals surface area contributed by atoms with Gasteiger partial charge in [0, 0.05) is 16.7 Å². The minimum absolute atomic E-state index is 0.103. The van der Waals surface area contributed by atoms with Gasteiger partial charge < -0.3 is 10.1 Å². The highest BCUT2D eigenvalue weighted by Gasteiger charge is 2.29. The number of hydrogen-bond donors (Lipinski definition) is 1. The van der Waals surface area contributed by atoms with Gasteiger partial charge in [0.15, 0.2) is 0 Å². The largest absolute Gasteiger partial charge is 0.465 e. The van der Waals surface area contributed by atoms with Gasteiger partial charge in [-0.05, 0) is 61.2 Å². The molecular weight excluding hydrogens is 409 g/mol. The molecule has 0 bridgehead atoms. The molecular formula is C23H27ClFNO2S. The summed E-state index contributed by atoms with van der Waals surface area (Å²) in [5.74, 6) is -0.755. The second-order valence-electron chi connectivity index (χ2n) is 7.28. The zero-order valence-corrected chi connectivity index (χ0v) is 18.4. The summed E-state index contributed by atoms with van der Waals surface area (Å²) in [5.41, 5.74) is 3.14. The molecule has 0 radical (unpaired) electrons. The van der Waals surface area contributed by atoms with E-state index in [1.165, 1.54) is 12.1 Å². The molecule has 1 heterocycles. The Bertz CT molecular complexity index is 844. The van der Waals surface area contributed by atoms with E-state index in [0.29, 0.717) is 18.2 Å². The normalized spacial score (nSPS) is 17.3. The van der Waals surface area contributed by atoms with E-state index in [1.54, 1.807) is 23.9 Å². The average molecular weight is 436 g/mol. The van der Waals surface area contributed by atoms with Gasteiger partial charge in [-0.15, -0.1) is 11.8 Å². The number of rotatable bonds is 7. The summed E-state index contributed by atoms with van der Waals surface area (Å²) in [4.78, 5) is 13.7. The molecule has 0 fully saturated rings. The van der Waals surface area contributed by atoms with Gasteiger partial charge >= 0.3 is 5.97 Å². The van der Waals surface area contributed by atoms with Gasteiger partial charge in [0.2, 0.25) is 0 Å². The SMILES string of the molecule is CCCCOC(=O)C1CNCCc2c1ccc(Cl)c2SC(C)c1ccc(F)cc1. The number of ether oxygens (including phenoxy) is 1. The van der Waals surface area contributed by atoms with Crippen LogP contribution in [-0.4, -0.2) is 25.7 Å². The first-order valence-electron chi connectivity index (χ1n) is 10.1. The Hall–Kier alpha value is -1.56. The van der Waals surface area contributed by atoms with Crippen LogP contribution in [0.25, 0.3) is 0 Å². The fraction of sp³-hybridized carbons (Fsp3) is 0.435. The third-order valence-corrected chi connectivity index (χ3v) is 6.94. The first-order valence-corrected chi connectivity index (χ1v) is 11.4. The monoisotopic (exact) mass is 435 g/mol. The van der Waals surface area contributed by atoms with Crippen molar-refractivity contribution < 1.29 is 13.9 Å². The van der Waals surface area contributed by atoms with Gasteiger partial charge in [0.05, 0.1) is 17.5 Å². The first kappa shape index (κ1) is 22.1. The molecule has 1 aliphatic rings. The van der Waals surface area contributed by atoms with Crippen LogP contribution in [-0.2, 0) is 16.0 Å². The summed E-state index contributed by atoms with van der Waals surface area (Å²) in [7, 11) is 0. The van der Waals surface area contributed by atoms with Gasteiger partial charge in [-0.3, -0.25) is 4.79 Å². The quantitative estimate of drug-likeness (QED) is 0.333. The van der Waals surface area contributed by atoms with Gasteiger partial charge in [0.1, 0.15) is 5.82 Å². The predicted molar refractivity (Wildman–Crippen MR) is 117 cm³/mol. The lowest BCUT2D eigenvalue weighted by atomic mass is 9.94. The molecule has 0 saturated carbocycles. The Morgan fingerprint density at radius 1 is 1.31 bits per heavy atom. The van der Waals surface area contributed by atoms with Crippen LogP contribution in [0.4, 0.5) is 4.39 Å². The summed E-state index contributed by atoms with van der Waals surface area (Å²) < 4.78 is 18.8. The van der Waals surface area contributed by atoms with E-state index in [0.717, 1.165) is 47.4 Å². The van der Waals surface area contributed by atoms with E-state index in [9.17, 15) is 9.18 Å². The minimum Gasteiger partial charge on any atom is -0.465 e. The van der Waals surface area contributed by atoms with Crippen LogP contribution in [0.3, 0.4) is 0 Å². The van der Waals surface area contributed by atoms with Crippen molar-refractivity contribution >= 4 is 29.3 Å². The highest BCUT2D eigenvalue weighted by Crippen LogP contribution is 2.43. The van der Waals surface area contributed by atoms with Gasteiger partial charge in [-0.2, -0.15) is 0 Å². The van der Waals surface area contributed by atoms with Crippen LogP contribution in [0, 0.1) is 5.82 Å². The molecule has 2 unspecified atom stereocenters. The number of carbonyl (C=O) groups is 1. The number of benzene rings is 2. The molecule has 1 N–H and O–H groups in total. The van der Waals surface area contributed by atoms with Crippen molar-refractivity contribution in [3.05, 3.63) is 63.9 Å².